The van der Waals surface area contributed by atoms with Crippen molar-refractivity contribution < 1.29 is 89.0 Å². The maximum absolute atomic E-state index is 14.4. The van der Waals surface area contributed by atoms with Gasteiger partial charge in [-0.2, -0.15) is 74.6 Å². The van der Waals surface area contributed by atoms with Crippen molar-refractivity contribution in [2.45, 2.75) is 47.6 Å². The number of rotatable bonds is 8. The fourth-order valence-electron chi connectivity index (χ4n) is 3.76. The number of amides is 1. The summed E-state index contributed by atoms with van der Waals surface area (Å²) in [5.74, 6) is -65.2. The predicted octanol–water partition coefficient (Wildman–Crippen LogP) is 7.41. The molecular weight excluding hydrogens is 661 g/mol. The lowest BCUT2D eigenvalue weighted by Gasteiger charge is -2.42. The van der Waals surface area contributed by atoms with Crippen LogP contribution in [0.25, 0.3) is 0 Å². The van der Waals surface area contributed by atoms with Gasteiger partial charge in [0.25, 0.3) is 0 Å². The van der Waals surface area contributed by atoms with Gasteiger partial charge in [-0.3, -0.25) is 14.4 Å². The van der Waals surface area contributed by atoms with Crippen molar-refractivity contribution in [2.24, 2.45) is 0 Å². The van der Waals surface area contributed by atoms with Crippen molar-refractivity contribution in [3.05, 3.63) is 64.7 Å². The largest absolute Gasteiger partial charge is 0.460 e. The van der Waals surface area contributed by atoms with Crippen LogP contribution in [-0.2, 0) is 4.79 Å². The van der Waals surface area contributed by atoms with Gasteiger partial charge in [-0.05, 0) is 6.07 Å². The summed E-state index contributed by atoms with van der Waals surface area (Å²) in [5, 5.41) is 0.710. The van der Waals surface area contributed by atoms with Gasteiger partial charge in [0.1, 0.15) is 0 Å². The molecule has 3 rings (SSSR count). The average molecular weight is 669 g/mol. The standard InChI is InChI=1S/C23H8F17NO3/c24-16(25,15(44)41-11-7-3-6-10-12(11)14(43)9-5-2-1-4-8(9)13(10)42)17(26,27)18(28,29)19(30,31)20(32,33)21(34,35)22(36,37)23(38,39)40/h1-7H,(H,41,44). The van der Waals surface area contributed by atoms with Crippen LogP contribution >= 0.6 is 0 Å². The van der Waals surface area contributed by atoms with Gasteiger partial charge in [-0.15, -0.1) is 0 Å². The van der Waals surface area contributed by atoms with Crippen LogP contribution < -0.4 is 5.32 Å². The molecule has 0 spiro atoms. The van der Waals surface area contributed by atoms with Gasteiger partial charge in [0, 0.05) is 16.7 Å². The summed E-state index contributed by atoms with van der Waals surface area (Å²) in [5.41, 5.74) is -3.91. The Morgan fingerprint density at radius 2 is 0.864 bits per heavy atom. The molecule has 1 aliphatic rings. The van der Waals surface area contributed by atoms with Crippen molar-refractivity contribution in [1.29, 1.82) is 0 Å². The van der Waals surface area contributed by atoms with Crippen molar-refractivity contribution in [1.82, 2.24) is 0 Å². The number of hydrogen-bond donors (Lipinski definition) is 1. The van der Waals surface area contributed by atoms with Crippen LogP contribution in [0.3, 0.4) is 0 Å². The smallest absolute Gasteiger partial charge is 0.320 e. The molecule has 0 heterocycles. The van der Waals surface area contributed by atoms with E-state index >= 15 is 0 Å². The third-order valence-corrected chi connectivity index (χ3v) is 6.21. The molecule has 0 unspecified atom stereocenters. The topological polar surface area (TPSA) is 63.2 Å². The molecule has 0 atom stereocenters. The molecule has 0 aliphatic heterocycles. The van der Waals surface area contributed by atoms with E-state index in [0.29, 0.717) is 17.4 Å². The number of benzene rings is 2. The number of carbonyl (C=O) groups excluding carboxylic acids is 3. The highest BCUT2D eigenvalue weighted by Crippen LogP contribution is 2.64. The summed E-state index contributed by atoms with van der Waals surface area (Å²) >= 11 is 0. The SMILES string of the molecule is O=C1c2ccccc2C(=O)c2c(NC(=O)C(F)(F)C(F)(F)C(F)(F)C(F)(F)C(F)(F)C(F)(F)C(F)(F)C(F)(F)F)cccc21. The molecule has 1 aliphatic carbocycles. The number of hydrogen-bond acceptors (Lipinski definition) is 3. The number of nitrogens with one attached hydrogen (secondary N) is 1. The Bertz CT molecular complexity index is 1530. The Labute approximate surface area is 230 Å². The van der Waals surface area contributed by atoms with E-state index in [1.165, 1.54) is 6.07 Å². The first-order valence-electron chi connectivity index (χ1n) is 10.9. The van der Waals surface area contributed by atoms with Crippen LogP contribution in [0.5, 0.6) is 0 Å². The van der Waals surface area contributed by atoms with Crippen LogP contribution in [0, 0.1) is 0 Å². The van der Waals surface area contributed by atoms with Crippen LogP contribution in [0.15, 0.2) is 42.5 Å². The maximum atomic E-state index is 14.4. The molecule has 0 bridgehead atoms. The van der Waals surface area contributed by atoms with Gasteiger partial charge in [-0.1, -0.05) is 36.4 Å². The Morgan fingerprint density at radius 3 is 1.32 bits per heavy atom. The van der Waals surface area contributed by atoms with Crippen molar-refractivity contribution >= 4 is 23.2 Å². The zero-order valence-corrected chi connectivity index (χ0v) is 20.2. The minimum Gasteiger partial charge on any atom is -0.320 e. The highest BCUT2D eigenvalue weighted by atomic mass is 19.4. The minimum atomic E-state index is -8.86. The zero-order chi connectivity index (χ0) is 34.3. The summed E-state index contributed by atoms with van der Waals surface area (Å²) in [6.45, 7) is 0. The lowest BCUT2D eigenvalue weighted by atomic mass is 9.83. The Hall–Kier alpha value is -3.94. The summed E-state index contributed by atoms with van der Waals surface area (Å²) in [7, 11) is 0. The molecule has 2 aromatic carbocycles. The summed E-state index contributed by atoms with van der Waals surface area (Å²) < 4.78 is 229. The van der Waals surface area contributed by atoms with Gasteiger partial charge >= 0.3 is 53.5 Å². The van der Waals surface area contributed by atoms with Crippen molar-refractivity contribution in [2.75, 3.05) is 5.32 Å². The highest BCUT2D eigenvalue weighted by molar-refractivity contribution is 6.30. The van der Waals surface area contributed by atoms with E-state index in [1.807, 2.05) is 0 Å². The van der Waals surface area contributed by atoms with Crippen LogP contribution in [0.2, 0.25) is 0 Å². The highest BCUT2D eigenvalue weighted by Gasteiger charge is 2.95. The third kappa shape index (κ3) is 4.32. The molecule has 0 saturated carbocycles. The lowest BCUT2D eigenvalue weighted by Crippen LogP contribution is -2.75. The molecule has 2 aromatic rings. The zero-order valence-electron chi connectivity index (χ0n) is 20.2. The third-order valence-electron chi connectivity index (χ3n) is 6.21. The normalized spacial score (nSPS) is 15.6. The molecule has 0 fully saturated rings. The van der Waals surface area contributed by atoms with Crippen LogP contribution in [-0.4, -0.2) is 65.1 Å². The number of halogens is 17. The van der Waals surface area contributed by atoms with Gasteiger partial charge in [0.2, 0.25) is 0 Å². The molecule has 0 saturated heterocycles. The summed E-state index contributed by atoms with van der Waals surface area (Å²) in [4.78, 5) is 37.4. The van der Waals surface area contributed by atoms with Gasteiger partial charge in [0.05, 0.1) is 11.3 Å². The van der Waals surface area contributed by atoms with E-state index in [2.05, 4.69) is 0 Å². The molecule has 44 heavy (non-hydrogen) atoms. The van der Waals surface area contributed by atoms with E-state index in [-0.39, 0.29) is 5.56 Å². The van der Waals surface area contributed by atoms with Gasteiger partial charge < -0.3 is 5.32 Å². The van der Waals surface area contributed by atoms with Crippen molar-refractivity contribution in [3.63, 3.8) is 0 Å². The number of carbonyl (C=O) groups is 3. The van der Waals surface area contributed by atoms with Gasteiger partial charge in [-0.25, -0.2) is 0 Å². The fourth-order valence-corrected chi connectivity index (χ4v) is 3.76. The van der Waals surface area contributed by atoms with Crippen molar-refractivity contribution in [3.8, 4) is 0 Å². The van der Waals surface area contributed by atoms with E-state index in [9.17, 15) is 89.0 Å². The number of anilines is 1. The Balaban J connectivity index is 2.06. The Kier molecular flexibility index (Phi) is 7.68. The molecule has 21 heteroatoms. The quantitative estimate of drug-likeness (QED) is 0.254. The van der Waals surface area contributed by atoms with Crippen LogP contribution in [0.1, 0.15) is 31.8 Å². The number of ketones is 2. The Morgan fingerprint density at radius 1 is 0.477 bits per heavy atom. The first-order chi connectivity index (χ1) is 19.6. The number of fused-ring (bicyclic) bond motifs is 2. The summed E-state index contributed by atoms with van der Waals surface area (Å²) in [6.07, 6.45) is -7.90. The molecule has 1 N–H and O–H groups in total. The summed E-state index contributed by atoms with van der Waals surface area (Å²) in [6, 6.07) is 6.40. The maximum Gasteiger partial charge on any atom is 0.460 e. The molecule has 242 valence electrons. The second-order valence-electron chi connectivity index (χ2n) is 8.90. The van der Waals surface area contributed by atoms with E-state index < -0.39 is 87.5 Å². The molecule has 0 radical (unpaired) electrons. The van der Waals surface area contributed by atoms with E-state index in [1.54, 1.807) is 0 Å². The van der Waals surface area contributed by atoms with E-state index in [0.717, 1.165) is 24.3 Å². The van der Waals surface area contributed by atoms with Gasteiger partial charge in [0.15, 0.2) is 11.6 Å². The minimum absolute atomic E-state index is 0.305. The van der Waals surface area contributed by atoms with Crippen LogP contribution in [0.4, 0.5) is 80.3 Å². The monoisotopic (exact) mass is 669 g/mol. The molecule has 4 nitrogen and oxygen atoms in total. The fraction of sp³-hybridized carbons (Fsp3) is 0.348. The molecule has 1 amide bonds. The lowest BCUT2D eigenvalue weighted by molar-refractivity contribution is -0.459. The average Bonchev–Trinajstić information content (AvgIpc) is 2.90. The second kappa shape index (κ2) is 9.78. The first-order valence-corrected chi connectivity index (χ1v) is 10.9. The molecule has 0 aromatic heterocycles. The first kappa shape index (κ1) is 34.5. The number of alkyl halides is 17. The van der Waals surface area contributed by atoms with E-state index in [4.69, 9.17) is 0 Å². The molecular formula is C23H8F17NO3. The second-order valence-corrected chi connectivity index (χ2v) is 8.90. The predicted molar refractivity (Wildman–Crippen MR) is 109 cm³/mol.